The highest BCUT2D eigenvalue weighted by molar-refractivity contribution is 7.89. The molecule has 0 aromatic carbocycles. The summed E-state index contributed by atoms with van der Waals surface area (Å²) in [5.41, 5.74) is 5.93. The second kappa shape index (κ2) is 5.85. The fourth-order valence-electron chi connectivity index (χ4n) is 2.19. The van der Waals surface area contributed by atoms with Gasteiger partial charge in [-0.25, -0.2) is 12.7 Å². The Hall–Kier alpha value is -1.18. The molecule has 0 amide bonds. The first-order chi connectivity index (χ1) is 9.01. The van der Waals surface area contributed by atoms with E-state index in [4.69, 9.17) is 10.5 Å². The molecule has 1 aliphatic heterocycles. The Morgan fingerprint density at radius 1 is 1.58 bits per heavy atom. The van der Waals surface area contributed by atoms with Crippen molar-refractivity contribution in [1.82, 2.24) is 9.29 Å². The maximum Gasteiger partial charge on any atom is 0.246 e. The predicted octanol–water partition coefficient (Wildman–Crippen LogP) is 0.711. The zero-order chi connectivity index (χ0) is 13.9. The summed E-state index contributed by atoms with van der Waals surface area (Å²) in [7, 11) is -2.01. The minimum absolute atomic E-state index is 0.0641. The summed E-state index contributed by atoms with van der Waals surface area (Å²) in [6.45, 7) is 1.82. The molecule has 106 valence electrons. The van der Waals surface area contributed by atoms with Crippen molar-refractivity contribution in [3.63, 3.8) is 0 Å². The molecule has 2 N–H and O–H groups in total. The van der Waals surface area contributed by atoms with Crippen LogP contribution in [0.2, 0.25) is 0 Å². The zero-order valence-corrected chi connectivity index (χ0v) is 11.8. The zero-order valence-electron chi connectivity index (χ0n) is 10.9. The molecular formula is C12H19N3O3S. The Morgan fingerprint density at radius 3 is 3.00 bits per heavy atom. The van der Waals surface area contributed by atoms with Crippen LogP contribution in [0.3, 0.4) is 0 Å². The second-order valence-corrected chi connectivity index (χ2v) is 6.80. The molecule has 19 heavy (non-hydrogen) atoms. The third-order valence-corrected chi connectivity index (χ3v) is 5.14. The van der Waals surface area contributed by atoms with Crippen molar-refractivity contribution in [2.75, 3.05) is 32.5 Å². The number of aromatic nitrogens is 1. The molecule has 1 fully saturated rings. The minimum atomic E-state index is -3.58. The molecule has 0 radical (unpaired) electrons. The smallest absolute Gasteiger partial charge is 0.246 e. The summed E-state index contributed by atoms with van der Waals surface area (Å²) in [5, 5.41) is 0. The van der Waals surface area contributed by atoms with Crippen LogP contribution in [0.25, 0.3) is 0 Å². The Labute approximate surface area is 113 Å². The van der Waals surface area contributed by atoms with E-state index >= 15 is 0 Å². The van der Waals surface area contributed by atoms with Crippen LogP contribution in [0.15, 0.2) is 23.4 Å². The van der Waals surface area contributed by atoms with E-state index in [1.54, 1.807) is 7.05 Å². The molecule has 0 saturated carbocycles. The van der Waals surface area contributed by atoms with E-state index in [0.29, 0.717) is 13.2 Å². The standard InChI is InChI=1S/C12H19N3O3S/c1-15(8-10-3-2-6-18-9-10)19(16,17)12-7-14-5-4-11(12)13/h4-5,7,10H,2-3,6,8-9H2,1H3,(H2,13,14). The van der Waals surface area contributed by atoms with Gasteiger partial charge in [0.05, 0.1) is 12.3 Å². The monoisotopic (exact) mass is 285 g/mol. The van der Waals surface area contributed by atoms with Crippen molar-refractivity contribution >= 4 is 15.7 Å². The summed E-state index contributed by atoms with van der Waals surface area (Å²) in [6.07, 6.45) is 4.73. The van der Waals surface area contributed by atoms with Crippen molar-refractivity contribution in [2.45, 2.75) is 17.7 Å². The first kappa shape index (κ1) is 14.2. The lowest BCUT2D eigenvalue weighted by Gasteiger charge is -2.26. The Bertz CT molecular complexity index is 527. The summed E-state index contributed by atoms with van der Waals surface area (Å²) >= 11 is 0. The van der Waals surface area contributed by atoms with Crippen molar-refractivity contribution in [1.29, 1.82) is 0 Å². The number of nitrogens with two attached hydrogens (primary N) is 1. The van der Waals surface area contributed by atoms with Crippen molar-refractivity contribution < 1.29 is 13.2 Å². The van der Waals surface area contributed by atoms with Crippen LogP contribution in [0.4, 0.5) is 5.69 Å². The van der Waals surface area contributed by atoms with E-state index in [1.165, 1.54) is 22.8 Å². The molecule has 1 aromatic heterocycles. The van der Waals surface area contributed by atoms with Crippen LogP contribution < -0.4 is 5.73 Å². The lowest BCUT2D eigenvalue weighted by Crippen LogP contribution is -2.35. The first-order valence-electron chi connectivity index (χ1n) is 6.25. The van der Waals surface area contributed by atoms with Crippen molar-refractivity contribution in [2.24, 2.45) is 5.92 Å². The van der Waals surface area contributed by atoms with Crippen LogP contribution in [0.1, 0.15) is 12.8 Å². The first-order valence-corrected chi connectivity index (χ1v) is 7.69. The highest BCUT2D eigenvalue weighted by Gasteiger charge is 2.26. The fourth-order valence-corrected chi connectivity index (χ4v) is 3.49. The molecule has 0 aliphatic carbocycles. The molecule has 2 rings (SSSR count). The van der Waals surface area contributed by atoms with Crippen LogP contribution >= 0.6 is 0 Å². The number of pyridine rings is 1. The van der Waals surface area contributed by atoms with Gasteiger partial charge in [-0.2, -0.15) is 0 Å². The van der Waals surface area contributed by atoms with Crippen molar-refractivity contribution in [3.05, 3.63) is 18.5 Å². The number of hydrogen-bond acceptors (Lipinski definition) is 5. The maximum absolute atomic E-state index is 12.4. The average Bonchev–Trinajstić information content (AvgIpc) is 2.40. The van der Waals surface area contributed by atoms with E-state index in [1.807, 2.05) is 0 Å². The van der Waals surface area contributed by atoms with Gasteiger partial charge in [-0.1, -0.05) is 0 Å². The van der Waals surface area contributed by atoms with E-state index in [0.717, 1.165) is 19.4 Å². The third-order valence-electron chi connectivity index (χ3n) is 3.27. The van der Waals surface area contributed by atoms with E-state index < -0.39 is 10.0 Å². The van der Waals surface area contributed by atoms with E-state index in [2.05, 4.69) is 4.98 Å². The number of rotatable bonds is 4. The Morgan fingerprint density at radius 2 is 2.37 bits per heavy atom. The molecule has 1 saturated heterocycles. The van der Waals surface area contributed by atoms with Gasteiger partial charge in [0.15, 0.2) is 0 Å². The van der Waals surface area contributed by atoms with Crippen molar-refractivity contribution in [3.8, 4) is 0 Å². The molecule has 1 aromatic rings. The largest absolute Gasteiger partial charge is 0.398 e. The lowest BCUT2D eigenvalue weighted by molar-refractivity contribution is 0.0495. The van der Waals surface area contributed by atoms with Gasteiger partial charge >= 0.3 is 0 Å². The molecule has 0 bridgehead atoms. The number of hydrogen-bond donors (Lipinski definition) is 1. The quantitative estimate of drug-likeness (QED) is 0.880. The molecule has 1 atom stereocenters. The van der Waals surface area contributed by atoms with Gasteiger partial charge in [0.25, 0.3) is 0 Å². The SMILES string of the molecule is CN(CC1CCCOC1)S(=O)(=O)c1cnccc1N. The second-order valence-electron chi connectivity index (χ2n) is 4.78. The van der Waals surface area contributed by atoms with E-state index in [-0.39, 0.29) is 16.5 Å². The number of ether oxygens (including phenoxy) is 1. The molecular weight excluding hydrogens is 266 g/mol. The maximum atomic E-state index is 12.4. The number of anilines is 1. The highest BCUT2D eigenvalue weighted by atomic mass is 32.2. The van der Waals surface area contributed by atoms with Gasteiger partial charge in [-0.3, -0.25) is 4.98 Å². The highest BCUT2D eigenvalue weighted by Crippen LogP contribution is 2.22. The average molecular weight is 285 g/mol. The van der Waals surface area contributed by atoms with Crippen LogP contribution in [0.5, 0.6) is 0 Å². The van der Waals surface area contributed by atoms with Gasteiger partial charge in [0.1, 0.15) is 4.90 Å². The molecule has 7 heteroatoms. The van der Waals surface area contributed by atoms with Gasteiger partial charge < -0.3 is 10.5 Å². The van der Waals surface area contributed by atoms with Gasteiger partial charge in [0.2, 0.25) is 10.0 Å². The third kappa shape index (κ3) is 3.23. The molecule has 1 aliphatic rings. The summed E-state index contributed by atoms with van der Waals surface area (Å²) in [6, 6.07) is 1.49. The predicted molar refractivity (Wildman–Crippen MR) is 72.0 cm³/mol. The van der Waals surface area contributed by atoms with Crippen LogP contribution in [0, 0.1) is 5.92 Å². The summed E-state index contributed by atoms with van der Waals surface area (Å²) in [4.78, 5) is 3.89. The molecule has 6 nitrogen and oxygen atoms in total. The molecule has 1 unspecified atom stereocenters. The van der Waals surface area contributed by atoms with Gasteiger partial charge in [-0.15, -0.1) is 0 Å². The molecule has 2 heterocycles. The minimum Gasteiger partial charge on any atom is -0.398 e. The van der Waals surface area contributed by atoms with Crippen LogP contribution in [-0.4, -0.2) is 44.5 Å². The fraction of sp³-hybridized carbons (Fsp3) is 0.583. The Balaban J connectivity index is 2.13. The molecule has 0 spiro atoms. The summed E-state index contributed by atoms with van der Waals surface area (Å²) in [5.74, 6) is 0.242. The van der Waals surface area contributed by atoms with E-state index in [9.17, 15) is 8.42 Å². The number of nitrogen functional groups attached to an aromatic ring is 1. The number of nitrogens with zero attached hydrogens (tertiary/aromatic N) is 2. The lowest BCUT2D eigenvalue weighted by atomic mass is 10.0. The van der Waals surface area contributed by atoms with Gasteiger partial charge in [-0.05, 0) is 24.8 Å². The summed E-state index contributed by atoms with van der Waals surface area (Å²) < 4.78 is 31.5. The topological polar surface area (TPSA) is 85.5 Å². The Kier molecular flexibility index (Phi) is 4.38. The normalized spacial score (nSPS) is 20.6. The number of sulfonamides is 1. The van der Waals surface area contributed by atoms with Crippen LogP contribution in [-0.2, 0) is 14.8 Å². The van der Waals surface area contributed by atoms with Gasteiger partial charge in [0, 0.05) is 32.6 Å².